The standard InChI is InChI=1S/C29H30N2O3S/c1-29(2,3)19-28(32)31-26-12-8-7-9-21(26)18-27(31)22-14-13-20-16-24(17-23(20)15-22)30-35(33,34)25-10-5-4-6-11-25/h4-15,18,24,30H,16-17,19H2,1-3H3. The molecule has 0 fully saturated rings. The molecule has 1 heterocycles. The zero-order valence-electron chi connectivity index (χ0n) is 20.3. The molecule has 0 aliphatic heterocycles. The molecule has 0 amide bonds. The second-order valence-corrected chi connectivity index (χ2v) is 12.3. The second kappa shape index (κ2) is 8.77. The third kappa shape index (κ3) is 4.81. The SMILES string of the molecule is CC(C)(C)CC(=O)n1c(-c2ccc3c(c2)CC(NS(=O)(=O)c2ccccc2)C3)cc2ccccc21. The van der Waals surface area contributed by atoms with Gasteiger partial charge in [0.05, 0.1) is 16.1 Å². The van der Waals surface area contributed by atoms with Crippen molar-refractivity contribution in [2.75, 3.05) is 0 Å². The van der Waals surface area contributed by atoms with E-state index in [0.29, 0.717) is 19.3 Å². The molecule has 1 N–H and O–H groups in total. The Bertz CT molecular complexity index is 1510. The van der Waals surface area contributed by atoms with E-state index < -0.39 is 10.0 Å². The average Bonchev–Trinajstić information content (AvgIpc) is 3.38. The number of fused-ring (bicyclic) bond motifs is 2. The molecule has 0 saturated heterocycles. The topological polar surface area (TPSA) is 68.2 Å². The van der Waals surface area contributed by atoms with Gasteiger partial charge in [-0.2, -0.15) is 0 Å². The van der Waals surface area contributed by atoms with Gasteiger partial charge < -0.3 is 0 Å². The number of hydrogen-bond donors (Lipinski definition) is 1. The first-order valence-corrected chi connectivity index (χ1v) is 13.4. The molecule has 1 aromatic heterocycles. The third-order valence-electron chi connectivity index (χ3n) is 6.45. The summed E-state index contributed by atoms with van der Waals surface area (Å²) in [6.45, 7) is 6.22. The van der Waals surface area contributed by atoms with Crippen LogP contribution in [0.3, 0.4) is 0 Å². The van der Waals surface area contributed by atoms with Crippen LogP contribution >= 0.6 is 0 Å². The number of carbonyl (C=O) groups excluding carboxylic acids is 1. The number of hydrogen-bond acceptors (Lipinski definition) is 3. The zero-order valence-corrected chi connectivity index (χ0v) is 21.1. The van der Waals surface area contributed by atoms with Crippen molar-refractivity contribution in [3.8, 4) is 11.3 Å². The molecule has 1 aliphatic rings. The molecule has 0 spiro atoms. The van der Waals surface area contributed by atoms with Gasteiger partial charge in [0.15, 0.2) is 0 Å². The van der Waals surface area contributed by atoms with Crippen LogP contribution in [0.4, 0.5) is 0 Å². The van der Waals surface area contributed by atoms with Crippen LogP contribution in [0.15, 0.2) is 83.8 Å². The van der Waals surface area contributed by atoms with Crippen LogP contribution < -0.4 is 4.72 Å². The Morgan fingerprint density at radius 1 is 0.914 bits per heavy atom. The monoisotopic (exact) mass is 486 g/mol. The summed E-state index contributed by atoms with van der Waals surface area (Å²) in [5, 5.41) is 1.03. The van der Waals surface area contributed by atoms with E-state index in [1.165, 1.54) is 0 Å². The lowest BCUT2D eigenvalue weighted by Crippen LogP contribution is -2.35. The number of nitrogens with zero attached hydrogens (tertiary/aromatic N) is 1. The fraction of sp³-hybridized carbons (Fsp3) is 0.276. The Kier molecular flexibility index (Phi) is 5.90. The Hall–Kier alpha value is -3.22. The third-order valence-corrected chi connectivity index (χ3v) is 7.99. The highest BCUT2D eigenvalue weighted by Crippen LogP contribution is 2.34. The first kappa shape index (κ1) is 23.5. The van der Waals surface area contributed by atoms with E-state index in [1.807, 2.05) is 34.9 Å². The molecule has 0 radical (unpaired) electrons. The Morgan fingerprint density at radius 3 is 2.34 bits per heavy atom. The molecule has 5 nitrogen and oxygen atoms in total. The lowest BCUT2D eigenvalue weighted by molar-refractivity contribution is 0.0864. The molecule has 1 unspecified atom stereocenters. The van der Waals surface area contributed by atoms with Crippen molar-refractivity contribution in [1.29, 1.82) is 0 Å². The molecule has 1 atom stereocenters. The van der Waals surface area contributed by atoms with Crippen molar-refractivity contribution in [3.63, 3.8) is 0 Å². The largest absolute Gasteiger partial charge is 0.280 e. The maximum atomic E-state index is 13.4. The summed E-state index contributed by atoms with van der Waals surface area (Å²) in [4.78, 5) is 13.7. The molecular formula is C29H30N2O3S. The van der Waals surface area contributed by atoms with Crippen LogP contribution in [0.25, 0.3) is 22.2 Å². The number of para-hydroxylation sites is 1. The van der Waals surface area contributed by atoms with Crippen LogP contribution in [0.1, 0.15) is 43.1 Å². The van der Waals surface area contributed by atoms with Crippen LogP contribution in [-0.4, -0.2) is 24.9 Å². The summed E-state index contributed by atoms with van der Waals surface area (Å²) in [5.74, 6) is 0.0719. The van der Waals surface area contributed by atoms with Crippen molar-refractivity contribution in [2.45, 2.75) is 51.0 Å². The molecule has 6 heteroatoms. The molecule has 3 aromatic carbocycles. The van der Waals surface area contributed by atoms with E-state index in [2.05, 4.69) is 43.7 Å². The second-order valence-electron chi connectivity index (χ2n) is 10.6. The highest BCUT2D eigenvalue weighted by molar-refractivity contribution is 7.89. The fourth-order valence-electron chi connectivity index (χ4n) is 4.92. The quantitative estimate of drug-likeness (QED) is 0.386. The molecule has 0 bridgehead atoms. The predicted molar refractivity (Wildman–Crippen MR) is 140 cm³/mol. The Balaban J connectivity index is 1.46. The molecule has 0 saturated carbocycles. The van der Waals surface area contributed by atoms with Gasteiger partial charge in [-0.15, -0.1) is 0 Å². The summed E-state index contributed by atoms with van der Waals surface area (Å²) in [6, 6.07) is 24.5. The van der Waals surface area contributed by atoms with E-state index >= 15 is 0 Å². The summed E-state index contributed by atoms with van der Waals surface area (Å²) in [5.41, 5.74) is 4.87. The van der Waals surface area contributed by atoms with Crippen LogP contribution in [0.5, 0.6) is 0 Å². The molecule has 4 aromatic rings. The summed E-state index contributed by atoms with van der Waals surface area (Å²) < 4.78 is 30.3. The van der Waals surface area contributed by atoms with Crippen molar-refractivity contribution in [2.24, 2.45) is 5.41 Å². The fourth-order valence-corrected chi connectivity index (χ4v) is 6.17. The highest BCUT2D eigenvalue weighted by atomic mass is 32.2. The Labute approximate surface area is 206 Å². The van der Waals surface area contributed by atoms with Gasteiger partial charge in [-0.05, 0) is 65.3 Å². The van der Waals surface area contributed by atoms with Gasteiger partial charge >= 0.3 is 0 Å². The molecule has 180 valence electrons. The molecular weight excluding hydrogens is 456 g/mol. The molecule has 1 aliphatic carbocycles. The first-order chi connectivity index (χ1) is 16.6. The van der Waals surface area contributed by atoms with Gasteiger partial charge in [-0.1, -0.05) is 69.3 Å². The number of benzene rings is 3. The Morgan fingerprint density at radius 2 is 1.60 bits per heavy atom. The van der Waals surface area contributed by atoms with Crippen molar-refractivity contribution >= 4 is 26.8 Å². The van der Waals surface area contributed by atoms with E-state index in [0.717, 1.165) is 33.3 Å². The van der Waals surface area contributed by atoms with Crippen LogP contribution in [0, 0.1) is 5.41 Å². The predicted octanol–water partition coefficient (Wildman–Crippen LogP) is 5.83. The van der Waals surface area contributed by atoms with Crippen molar-refractivity contribution in [1.82, 2.24) is 9.29 Å². The number of aromatic nitrogens is 1. The average molecular weight is 487 g/mol. The van der Waals surface area contributed by atoms with Gasteiger partial charge in [0.25, 0.3) is 0 Å². The van der Waals surface area contributed by atoms with Crippen LogP contribution in [-0.2, 0) is 22.9 Å². The molecule has 35 heavy (non-hydrogen) atoms. The zero-order chi connectivity index (χ0) is 24.8. The van der Waals surface area contributed by atoms with Gasteiger partial charge in [0, 0.05) is 17.8 Å². The number of sulfonamides is 1. The summed E-state index contributed by atoms with van der Waals surface area (Å²) in [6.07, 6.45) is 1.70. The molecule has 5 rings (SSSR count). The summed E-state index contributed by atoms with van der Waals surface area (Å²) in [7, 11) is -3.58. The highest BCUT2D eigenvalue weighted by Gasteiger charge is 2.28. The smallest absolute Gasteiger partial charge is 0.240 e. The van der Waals surface area contributed by atoms with E-state index in [1.54, 1.807) is 30.3 Å². The normalized spacial score (nSPS) is 15.9. The van der Waals surface area contributed by atoms with Crippen molar-refractivity contribution < 1.29 is 13.2 Å². The first-order valence-electron chi connectivity index (χ1n) is 11.9. The van der Waals surface area contributed by atoms with Gasteiger partial charge in [-0.3, -0.25) is 9.36 Å². The minimum absolute atomic E-state index is 0.0719. The van der Waals surface area contributed by atoms with Crippen LogP contribution in [0.2, 0.25) is 0 Å². The lowest BCUT2D eigenvalue weighted by atomic mass is 9.92. The van der Waals surface area contributed by atoms with Crippen molar-refractivity contribution in [3.05, 3.63) is 90.0 Å². The number of nitrogens with one attached hydrogen (secondary N) is 1. The van der Waals surface area contributed by atoms with Gasteiger partial charge in [0.1, 0.15) is 0 Å². The van der Waals surface area contributed by atoms with E-state index in [4.69, 9.17) is 0 Å². The number of rotatable bonds is 5. The minimum atomic E-state index is -3.58. The van der Waals surface area contributed by atoms with E-state index in [-0.39, 0.29) is 22.3 Å². The number of carbonyl (C=O) groups is 1. The van der Waals surface area contributed by atoms with Gasteiger partial charge in [0.2, 0.25) is 15.9 Å². The summed E-state index contributed by atoms with van der Waals surface area (Å²) >= 11 is 0. The lowest BCUT2D eigenvalue weighted by Gasteiger charge is -2.19. The minimum Gasteiger partial charge on any atom is -0.280 e. The maximum absolute atomic E-state index is 13.4. The maximum Gasteiger partial charge on any atom is 0.240 e. The van der Waals surface area contributed by atoms with Gasteiger partial charge in [-0.25, -0.2) is 13.1 Å². The van der Waals surface area contributed by atoms with E-state index in [9.17, 15) is 13.2 Å².